The maximum Gasteiger partial charge on any atom is 0.261 e. The number of hydrogen-bond acceptors (Lipinski definition) is 5. The third kappa shape index (κ3) is 6.84. The molecule has 2 atom stereocenters. The molecule has 4 rings (SSSR count). The molecule has 0 aliphatic carbocycles. The highest BCUT2D eigenvalue weighted by Crippen LogP contribution is 2.29. The Bertz CT molecular complexity index is 1170. The van der Waals surface area contributed by atoms with E-state index in [9.17, 15) is 14.4 Å². The lowest BCUT2D eigenvalue weighted by Crippen LogP contribution is -2.48. The molecule has 1 fully saturated rings. The zero-order valence-electron chi connectivity index (χ0n) is 21.2. The van der Waals surface area contributed by atoms with Gasteiger partial charge in [-0.05, 0) is 53.5 Å². The number of thiophene rings is 1. The van der Waals surface area contributed by atoms with E-state index < -0.39 is 6.04 Å². The van der Waals surface area contributed by atoms with Gasteiger partial charge in [0.25, 0.3) is 5.91 Å². The van der Waals surface area contributed by atoms with Gasteiger partial charge < -0.3 is 15.4 Å². The van der Waals surface area contributed by atoms with Crippen LogP contribution in [0.1, 0.15) is 59.4 Å². The van der Waals surface area contributed by atoms with Crippen molar-refractivity contribution in [2.45, 2.75) is 44.8 Å². The summed E-state index contributed by atoms with van der Waals surface area (Å²) in [5.74, 6) is -0.684. The predicted molar refractivity (Wildman–Crippen MR) is 146 cm³/mol. The highest BCUT2D eigenvalue weighted by Gasteiger charge is 2.33. The first-order chi connectivity index (χ1) is 17.9. The Morgan fingerprint density at radius 3 is 2.35 bits per heavy atom. The summed E-state index contributed by atoms with van der Waals surface area (Å²) in [6.07, 6.45) is 1.84. The number of anilines is 1. The second kappa shape index (κ2) is 12.7. The lowest BCUT2D eigenvalue weighted by atomic mass is 10.0. The van der Waals surface area contributed by atoms with Crippen LogP contribution in [0.3, 0.4) is 0 Å². The minimum absolute atomic E-state index is 0.0278. The predicted octanol–water partition coefficient (Wildman–Crippen LogP) is 4.67. The average molecular weight is 520 g/mol. The number of benzene rings is 2. The number of ether oxygens (including phenoxy) is 1. The van der Waals surface area contributed by atoms with Crippen LogP contribution in [0.25, 0.3) is 0 Å². The molecular weight excluding hydrogens is 486 g/mol. The van der Waals surface area contributed by atoms with Gasteiger partial charge in [-0.3, -0.25) is 19.3 Å². The fraction of sp³-hybridized carbons (Fsp3) is 0.345. The molecule has 8 heteroatoms. The summed E-state index contributed by atoms with van der Waals surface area (Å²) in [6, 6.07) is 19.5. The van der Waals surface area contributed by atoms with Crippen LogP contribution < -0.4 is 15.5 Å². The molecule has 1 aliphatic heterocycles. The smallest absolute Gasteiger partial charge is 0.261 e. The van der Waals surface area contributed by atoms with Crippen LogP contribution in [-0.2, 0) is 14.3 Å². The molecule has 2 aromatic carbocycles. The lowest BCUT2D eigenvalue weighted by Gasteiger charge is -2.32. The summed E-state index contributed by atoms with van der Waals surface area (Å²) in [5, 5.41) is 7.53. The average Bonchev–Trinajstić information content (AvgIpc) is 3.64. The minimum atomic E-state index is -0.918. The van der Waals surface area contributed by atoms with Crippen molar-refractivity contribution in [3.8, 4) is 0 Å². The van der Waals surface area contributed by atoms with E-state index >= 15 is 0 Å². The van der Waals surface area contributed by atoms with Gasteiger partial charge in [-0.15, -0.1) is 11.3 Å². The summed E-state index contributed by atoms with van der Waals surface area (Å²) in [6.45, 7) is 5.03. The highest BCUT2D eigenvalue weighted by atomic mass is 32.1. The summed E-state index contributed by atoms with van der Waals surface area (Å²) >= 11 is 1.31. The molecule has 0 spiro atoms. The molecule has 1 saturated heterocycles. The van der Waals surface area contributed by atoms with E-state index in [-0.39, 0.29) is 30.4 Å². The van der Waals surface area contributed by atoms with Gasteiger partial charge in [0.15, 0.2) is 0 Å². The van der Waals surface area contributed by atoms with E-state index in [4.69, 9.17) is 4.74 Å². The number of nitrogens with one attached hydrogen (secondary N) is 2. The van der Waals surface area contributed by atoms with Gasteiger partial charge in [0.1, 0.15) is 6.04 Å². The van der Waals surface area contributed by atoms with E-state index in [2.05, 4.69) is 24.5 Å². The van der Waals surface area contributed by atoms with Crippen LogP contribution >= 0.6 is 11.3 Å². The van der Waals surface area contributed by atoms with E-state index in [0.717, 1.165) is 18.4 Å². The molecule has 7 nitrogen and oxygen atoms in total. The van der Waals surface area contributed by atoms with E-state index in [0.29, 0.717) is 35.2 Å². The molecule has 2 heterocycles. The van der Waals surface area contributed by atoms with Crippen molar-refractivity contribution in [2.75, 3.05) is 24.6 Å². The summed E-state index contributed by atoms with van der Waals surface area (Å²) in [4.78, 5) is 42.0. The van der Waals surface area contributed by atoms with Crippen LogP contribution in [0.15, 0.2) is 72.1 Å². The van der Waals surface area contributed by atoms with Crippen LogP contribution in [0.2, 0.25) is 0 Å². The second-order valence-electron chi connectivity index (χ2n) is 9.36. The quantitative estimate of drug-likeness (QED) is 0.408. The molecule has 0 saturated carbocycles. The van der Waals surface area contributed by atoms with Crippen molar-refractivity contribution in [1.29, 1.82) is 0 Å². The fourth-order valence-corrected chi connectivity index (χ4v) is 5.00. The molecule has 0 unspecified atom stereocenters. The standard InChI is InChI=1S/C29H33N3O4S/c1-20(2)21-12-14-23(15-13-21)32(26(33)19-31-28(34)25-11-7-17-37-25)27(22-8-4-3-5-9-22)29(35)30-18-24-10-6-16-36-24/h3-5,7-9,11-15,17,20,24,27H,6,10,16,18-19H2,1-2H3,(H,30,35)(H,31,34)/t24-,27+/m0/s1. The topological polar surface area (TPSA) is 87.7 Å². The maximum absolute atomic E-state index is 13.7. The zero-order valence-corrected chi connectivity index (χ0v) is 22.0. The fourth-order valence-electron chi connectivity index (χ4n) is 4.36. The second-order valence-corrected chi connectivity index (χ2v) is 10.3. The highest BCUT2D eigenvalue weighted by molar-refractivity contribution is 7.12. The van der Waals surface area contributed by atoms with Gasteiger partial charge in [0, 0.05) is 18.8 Å². The van der Waals surface area contributed by atoms with Gasteiger partial charge in [-0.25, -0.2) is 0 Å². The Hall–Kier alpha value is -3.49. The Balaban J connectivity index is 1.64. The number of carbonyl (C=O) groups is 3. The summed E-state index contributed by atoms with van der Waals surface area (Å²) < 4.78 is 5.68. The number of rotatable bonds is 10. The molecule has 1 aromatic heterocycles. The molecule has 0 bridgehead atoms. The molecule has 0 radical (unpaired) electrons. The third-order valence-electron chi connectivity index (χ3n) is 6.40. The van der Waals surface area contributed by atoms with Crippen molar-refractivity contribution >= 4 is 34.7 Å². The molecular formula is C29H33N3O4S. The summed E-state index contributed by atoms with van der Waals surface area (Å²) in [7, 11) is 0. The largest absolute Gasteiger partial charge is 0.376 e. The van der Waals surface area contributed by atoms with Gasteiger partial charge in [-0.2, -0.15) is 0 Å². The van der Waals surface area contributed by atoms with Crippen molar-refractivity contribution in [1.82, 2.24) is 10.6 Å². The van der Waals surface area contributed by atoms with E-state index in [1.54, 1.807) is 12.1 Å². The van der Waals surface area contributed by atoms with Gasteiger partial charge in [0.2, 0.25) is 11.8 Å². The SMILES string of the molecule is CC(C)c1ccc(N(C(=O)CNC(=O)c2cccs2)[C@@H](C(=O)NC[C@@H]2CCCO2)c2ccccc2)cc1. The summed E-state index contributed by atoms with van der Waals surface area (Å²) in [5.41, 5.74) is 2.39. The first-order valence-electron chi connectivity index (χ1n) is 12.6. The lowest BCUT2D eigenvalue weighted by molar-refractivity contribution is -0.126. The third-order valence-corrected chi connectivity index (χ3v) is 7.27. The number of amides is 3. The number of hydrogen-bond donors (Lipinski definition) is 2. The molecule has 3 amide bonds. The Kier molecular flexibility index (Phi) is 9.09. The Labute approximate surface area is 221 Å². The monoisotopic (exact) mass is 519 g/mol. The number of carbonyl (C=O) groups excluding carboxylic acids is 3. The molecule has 37 heavy (non-hydrogen) atoms. The Morgan fingerprint density at radius 1 is 0.973 bits per heavy atom. The van der Waals surface area contributed by atoms with Gasteiger partial charge in [-0.1, -0.05) is 62.4 Å². The van der Waals surface area contributed by atoms with Crippen LogP contribution in [-0.4, -0.2) is 43.5 Å². The minimum Gasteiger partial charge on any atom is -0.376 e. The number of nitrogens with zero attached hydrogens (tertiary/aromatic N) is 1. The van der Waals surface area contributed by atoms with Gasteiger partial charge >= 0.3 is 0 Å². The molecule has 1 aliphatic rings. The normalized spacial score (nSPS) is 15.8. The van der Waals surface area contributed by atoms with Crippen molar-refractivity contribution in [2.24, 2.45) is 0 Å². The molecule has 194 valence electrons. The zero-order chi connectivity index (χ0) is 26.2. The van der Waals surface area contributed by atoms with Crippen LogP contribution in [0.4, 0.5) is 5.69 Å². The van der Waals surface area contributed by atoms with Crippen molar-refractivity contribution in [3.05, 3.63) is 88.1 Å². The van der Waals surface area contributed by atoms with Gasteiger partial charge in [0.05, 0.1) is 17.5 Å². The molecule has 2 N–H and O–H groups in total. The molecule has 3 aromatic rings. The first kappa shape index (κ1) is 26.6. The van der Waals surface area contributed by atoms with Crippen LogP contribution in [0.5, 0.6) is 0 Å². The van der Waals surface area contributed by atoms with E-state index in [1.165, 1.54) is 16.2 Å². The maximum atomic E-state index is 13.7. The Morgan fingerprint density at radius 2 is 1.73 bits per heavy atom. The van der Waals surface area contributed by atoms with Crippen molar-refractivity contribution in [3.63, 3.8) is 0 Å². The van der Waals surface area contributed by atoms with Crippen LogP contribution in [0, 0.1) is 0 Å². The van der Waals surface area contributed by atoms with E-state index in [1.807, 2.05) is 60.0 Å². The first-order valence-corrected chi connectivity index (χ1v) is 13.5. The van der Waals surface area contributed by atoms with Crippen molar-refractivity contribution < 1.29 is 19.1 Å².